The number of carbonyl (C=O) groups excluding carboxylic acids is 1. The van der Waals surface area contributed by atoms with Crippen molar-refractivity contribution in [2.45, 2.75) is 31.0 Å². The highest BCUT2D eigenvalue weighted by molar-refractivity contribution is 7.10. The Balaban J connectivity index is 1.16. The summed E-state index contributed by atoms with van der Waals surface area (Å²) in [5.41, 5.74) is 0.366. The van der Waals surface area contributed by atoms with E-state index in [0.717, 1.165) is 30.8 Å². The molecule has 3 saturated heterocycles. The van der Waals surface area contributed by atoms with E-state index in [1.165, 1.54) is 28.6 Å². The van der Waals surface area contributed by atoms with Crippen LogP contribution in [0.15, 0.2) is 60.0 Å². The molecule has 2 atom stereocenters. The van der Waals surface area contributed by atoms with Crippen molar-refractivity contribution in [1.29, 1.82) is 5.26 Å². The van der Waals surface area contributed by atoms with Gasteiger partial charge in [-0.15, -0.1) is 11.3 Å². The minimum Gasteiger partial charge on any atom is -0.461 e. The van der Waals surface area contributed by atoms with Crippen molar-refractivity contribution in [2.24, 2.45) is 0 Å². The Labute approximate surface area is 289 Å². The number of fused-ring (bicyclic) bond motifs is 3. The summed E-state index contributed by atoms with van der Waals surface area (Å²) in [7, 11) is 0. The van der Waals surface area contributed by atoms with Crippen LogP contribution in [0, 0.1) is 17.1 Å². The monoisotopic (exact) mass is 696 g/mol. The van der Waals surface area contributed by atoms with Gasteiger partial charge in [0.2, 0.25) is 0 Å². The summed E-state index contributed by atoms with van der Waals surface area (Å²) >= 11 is 1.23. The molecule has 50 heavy (non-hydrogen) atoms. The van der Waals surface area contributed by atoms with Crippen LogP contribution < -0.4 is 9.64 Å². The van der Waals surface area contributed by atoms with Gasteiger partial charge >= 0.3 is 6.01 Å². The molecule has 0 radical (unpaired) electrons. The number of hydrogen-bond donors (Lipinski definition) is 0. The summed E-state index contributed by atoms with van der Waals surface area (Å²) in [6.45, 7) is 2.24. The standard InChI is InChI=1S/C36H31F3N8O2S/c37-24-17-36(8-3-10-47(36)20-24)21-49-35-43-32-26(19-42-31(30(32)39)25-7-2-5-22-4-1-6-23(18-40)29(22)25)33(44-35)45-11-13-46(14-12-45)34(48)27(38)16-28-41-9-15-50-28/h1-2,4-7,9,15-16,19,24H,3,8,10-14,17,20-21H2/b27-16-/t24-,36+/m1/s1. The number of pyridine rings is 1. The maximum atomic E-state index is 16.8. The van der Waals surface area contributed by atoms with Crippen LogP contribution in [0.1, 0.15) is 29.8 Å². The van der Waals surface area contributed by atoms with Crippen LogP contribution in [0.3, 0.4) is 0 Å². The fraction of sp³-hybridized carbons (Fsp3) is 0.333. The molecule has 0 spiro atoms. The predicted molar refractivity (Wildman–Crippen MR) is 183 cm³/mol. The van der Waals surface area contributed by atoms with E-state index in [-0.39, 0.29) is 50.0 Å². The van der Waals surface area contributed by atoms with E-state index < -0.39 is 29.3 Å². The molecule has 3 aromatic heterocycles. The molecule has 0 N–H and O–H groups in total. The molecule has 3 fully saturated rings. The number of anilines is 1. The van der Waals surface area contributed by atoms with E-state index in [4.69, 9.17) is 9.72 Å². The summed E-state index contributed by atoms with van der Waals surface area (Å²) in [5, 5.41) is 13.6. The Hall–Kier alpha value is -5.13. The first-order chi connectivity index (χ1) is 24.3. The van der Waals surface area contributed by atoms with E-state index in [1.54, 1.807) is 29.6 Å². The van der Waals surface area contributed by atoms with Crippen molar-refractivity contribution < 1.29 is 22.7 Å². The molecule has 10 nitrogen and oxygen atoms in total. The smallest absolute Gasteiger partial charge is 0.319 e. The average molecular weight is 697 g/mol. The lowest BCUT2D eigenvalue weighted by Crippen LogP contribution is -2.49. The van der Waals surface area contributed by atoms with Gasteiger partial charge in [0, 0.05) is 73.9 Å². The van der Waals surface area contributed by atoms with Crippen molar-refractivity contribution in [3.05, 3.63) is 76.4 Å². The second-order valence-corrected chi connectivity index (χ2v) is 13.8. The molecule has 0 unspecified atom stereocenters. The quantitative estimate of drug-likeness (QED) is 0.191. The van der Waals surface area contributed by atoms with Gasteiger partial charge in [0.05, 0.1) is 22.6 Å². The third-order valence-electron chi connectivity index (χ3n) is 9.93. The summed E-state index contributed by atoms with van der Waals surface area (Å²) in [5.74, 6) is -1.97. The molecule has 6 heterocycles. The molecule has 0 aliphatic carbocycles. The molecule has 3 aliphatic heterocycles. The summed E-state index contributed by atoms with van der Waals surface area (Å²) in [6.07, 6.45) is 5.29. The van der Waals surface area contributed by atoms with Gasteiger partial charge < -0.3 is 14.5 Å². The number of rotatable bonds is 7. The molecule has 1 amide bonds. The highest BCUT2D eigenvalue weighted by Gasteiger charge is 2.49. The Morgan fingerprint density at radius 3 is 2.72 bits per heavy atom. The van der Waals surface area contributed by atoms with Gasteiger partial charge in [0.1, 0.15) is 34.8 Å². The molecule has 0 saturated carbocycles. The fourth-order valence-corrected chi connectivity index (χ4v) is 8.10. The van der Waals surface area contributed by atoms with Crippen LogP contribution in [0.4, 0.5) is 19.0 Å². The number of carbonyl (C=O) groups is 1. The number of hydrogen-bond acceptors (Lipinski definition) is 10. The largest absolute Gasteiger partial charge is 0.461 e. The molecule has 254 valence electrons. The fourth-order valence-electron chi connectivity index (χ4n) is 7.54. The predicted octanol–water partition coefficient (Wildman–Crippen LogP) is 5.93. The van der Waals surface area contributed by atoms with Crippen LogP contribution >= 0.6 is 11.3 Å². The number of aromatic nitrogens is 4. The van der Waals surface area contributed by atoms with Crippen molar-refractivity contribution in [3.8, 4) is 23.3 Å². The lowest BCUT2D eigenvalue weighted by atomic mass is 9.95. The highest BCUT2D eigenvalue weighted by atomic mass is 32.1. The molecule has 8 rings (SSSR count). The number of nitriles is 1. The second-order valence-electron chi connectivity index (χ2n) is 12.8. The van der Waals surface area contributed by atoms with E-state index >= 15 is 4.39 Å². The topological polar surface area (TPSA) is 111 Å². The van der Waals surface area contributed by atoms with Crippen LogP contribution in [0.25, 0.3) is 39.0 Å². The number of thiazole rings is 1. The van der Waals surface area contributed by atoms with Crippen molar-refractivity contribution >= 4 is 50.8 Å². The third-order valence-corrected chi connectivity index (χ3v) is 10.6. The molecule has 5 aromatic rings. The molecule has 0 bridgehead atoms. The van der Waals surface area contributed by atoms with E-state index in [1.807, 2.05) is 17.0 Å². The normalized spacial score (nSPS) is 21.2. The van der Waals surface area contributed by atoms with Crippen molar-refractivity contribution in [2.75, 3.05) is 50.8 Å². The number of alkyl halides is 1. The van der Waals surface area contributed by atoms with Crippen LogP contribution in [0.2, 0.25) is 0 Å². The summed E-state index contributed by atoms with van der Waals surface area (Å²) in [4.78, 5) is 36.2. The first-order valence-electron chi connectivity index (χ1n) is 16.4. The second kappa shape index (κ2) is 13.0. The van der Waals surface area contributed by atoms with Gasteiger partial charge in [-0.25, -0.2) is 18.2 Å². The first-order valence-corrected chi connectivity index (χ1v) is 17.3. The van der Waals surface area contributed by atoms with E-state index in [0.29, 0.717) is 45.7 Å². The summed E-state index contributed by atoms with van der Waals surface area (Å²) < 4.78 is 52.3. The minimum atomic E-state index is -0.947. The van der Waals surface area contributed by atoms with Gasteiger partial charge in [-0.05, 0) is 30.8 Å². The van der Waals surface area contributed by atoms with Gasteiger partial charge in [-0.1, -0.05) is 30.3 Å². The maximum Gasteiger partial charge on any atom is 0.319 e. The zero-order valence-electron chi connectivity index (χ0n) is 26.9. The third kappa shape index (κ3) is 5.70. The van der Waals surface area contributed by atoms with Crippen molar-refractivity contribution in [1.82, 2.24) is 29.7 Å². The van der Waals surface area contributed by atoms with E-state index in [2.05, 4.69) is 25.9 Å². The Morgan fingerprint density at radius 2 is 1.94 bits per heavy atom. The number of nitrogens with zero attached hydrogens (tertiary/aromatic N) is 8. The van der Waals surface area contributed by atoms with Crippen LogP contribution in [-0.4, -0.2) is 93.2 Å². The highest BCUT2D eigenvalue weighted by Crippen LogP contribution is 2.41. The number of piperazine rings is 1. The van der Waals surface area contributed by atoms with Crippen LogP contribution in [-0.2, 0) is 4.79 Å². The number of benzene rings is 2. The van der Waals surface area contributed by atoms with Gasteiger partial charge in [0.15, 0.2) is 11.6 Å². The van der Waals surface area contributed by atoms with Gasteiger partial charge in [-0.2, -0.15) is 15.2 Å². The Bertz CT molecular complexity index is 2180. The average Bonchev–Trinajstić information content (AvgIpc) is 3.86. The minimum absolute atomic E-state index is 0.0204. The summed E-state index contributed by atoms with van der Waals surface area (Å²) in [6, 6.07) is 12.8. The zero-order valence-corrected chi connectivity index (χ0v) is 27.7. The number of amides is 1. The van der Waals surface area contributed by atoms with Gasteiger partial charge in [-0.3, -0.25) is 14.7 Å². The van der Waals surface area contributed by atoms with Gasteiger partial charge in [0.25, 0.3) is 5.91 Å². The molecular formula is C36H31F3N8O2S. The SMILES string of the molecule is N#Cc1cccc2cccc(-c3ncc4c(N5CCN(C(=O)/C(F)=C/c6nccs6)CC5)nc(OC[C@@]56CCCN5C[C@H](F)C6)nc4c3F)c12. The lowest BCUT2D eigenvalue weighted by molar-refractivity contribution is -0.128. The van der Waals surface area contributed by atoms with Crippen molar-refractivity contribution in [3.63, 3.8) is 0 Å². The molecule has 3 aliphatic rings. The first kappa shape index (κ1) is 32.1. The molecule has 2 aromatic carbocycles. The zero-order chi connectivity index (χ0) is 34.4. The Kier molecular flexibility index (Phi) is 8.32. The van der Waals surface area contributed by atoms with E-state index in [9.17, 15) is 18.8 Å². The Morgan fingerprint density at radius 1 is 1.12 bits per heavy atom. The molecular weight excluding hydrogens is 666 g/mol. The van der Waals surface area contributed by atoms with Crippen LogP contribution in [0.5, 0.6) is 6.01 Å². The lowest BCUT2D eigenvalue weighted by Gasteiger charge is -2.35. The maximum absolute atomic E-state index is 16.8. The number of ether oxygens (including phenoxy) is 1. The molecule has 14 heteroatoms. The number of halogens is 3.